The standard InChI is InChI=1S/C24H19N3O6/c1-12(26-23(31)16-8-6-13-4-2-3-5-15(13)20(16)28)22(30)27-14-7-9-19-17(10-14)21(29)18(11-25-19)24(32)33/h2-12,28H,1H3,(H,25,29)(H,26,31)(H,27,30)(H,32,33)/t12-/m0/s1. The van der Waals surface area contributed by atoms with E-state index in [2.05, 4.69) is 15.6 Å². The molecule has 3 aromatic carbocycles. The Labute approximate surface area is 186 Å². The van der Waals surface area contributed by atoms with Gasteiger partial charge >= 0.3 is 5.97 Å². The zero-order valence-corrected chi connectivity index (χ0v) is 17.4. The number of H-pyrrole nitrogens is 1. The average molecular weight is 445 g/mol. The molecule has 1 heterocycles. The Bertz CT molecular complexity index is 1490. The third-order valence-electron chi connectivity index (χ3n) is 5.26. The number of aromatic nitrogens is 1. The highest BCUT2D eigenvalue weighted by atomic mass is 16.4. The van der Waals surface area contributed by atoms with Crippen LogP contribution in [0.5, 0.6) is 5.75 Å². The minimum absolute atomic E-state index is 0.0341. The quantitative estimate of drug-likeness (QED) is 0.319. The number of rotatable bonds is 5. The fourth-order valence-corrected chi connectivity index (χ4v) is 3.48. The minimum Gasteiger partial charge on any atom is -0.506 e. The fraction of sp³-hybridized carbons (Fsp3) is 0.0833. The number of anilines is 1. The summed E-state index contributed by atoms with van der Waals surface area (Å²) in [5.74, 6) is -2.72. The minimum atomic E-state index is -1.36. The molecule has 0 bridgehead atoms. The van der Waals surface area contributed by atoms with Crippen molar-refractivity contribution >= 4 is 45.1 Å². The van der Waals surface area contributed by atoms with Gasteiger partial charge in [-0.25, -0.2) is 4.79 Å². The number of amides is 2. The van der Waals surface area contributed by atoms with E-state index in [0.29, 0.717) is 10.9 Å². The number of benzene rings is 3. The summed E-state index contributed by atoms with van der Waals surface area (Å²) in [6.07, 6.45) is 1.12. The van der Waals surface area contributed by atoms with Gasteiger partial charge in [0.15, 0.2) is 0 Å². The lowest BCUT2D eigenvalue weighted by Crippen LogP contribution is -2.41. The van der Waals surface area contributed by atoms with Crippen molar-refractivity contribution < 1.29 is 24.6 Å². The monoisotopic (exact) mass is 445 g/mol. The Kier molecular flexibility index (Phi) is 5.53. The van der Waals surface area contributed by atoms with E-state index in [4.69, 9.17) is 5.11 Å². The molecule has 5 N–H and O–H groups in total. The number of fused-ring (bicyclic) bond motifs is 2. The topological polar surface area (TPSA) is 149 Å². The van der Waals surface area contributed by atoms with Gasteiger partial charge in [-0.1, -0.05) is 30.3 Å². The Hall–Kier alpha value is -4.66. The molecule has 1 aromatic heterocycles. The second-order valence-corrected chi connectivity index (χ2v) is 7.46. The average Bonchev–Trinajstić information content (AvgIpc) is 2.79. The number of nitrogens with one attached hydrogen (secondary N) is 3. The molecule has 4 aromatic rings. The Balaban J connectivity index is 1.52. The lowest BCUT2D eigenvalue weighted by atomic mass is 10.0. The van der Waals surface area contributed by atoms with Crippen molar-refractivity contribution in [1.29, 1.82) is 0 Å². The van der Waals surface area contributed by atoms with E-state index in [1.165, 1.54) is 25.1 Å². The molecule has 1 atom stereocenters. The number of carbonyl (C=O) groups is 3. The van der Waals surface area contributed by atoms with Crippen molar-refractivity contribution in [2.45, 2.75) is 13.0 Å². The number of aromatic amines is 1. The first-order chi connectivity index (χ1) is 15.8. The molecule has 0 aliphatic rings. The van der Waals surface area contributed by atoms with Gasteiger partial charge < -0.3 is 25.8 Å². The molecular formula is C24H19N3O6. The smallest absolute Gasteiger partial charge is 0.341 e. The number of carbonyl (C=O) groups excluding carboxylic acids is 2. The molecule has 0 aliphatic heterocycles. The van der Waals surface area contributed by atoms with E-state index in [1.54, 1.807) is 30.3 Å². The lowest BCUT2D eigenvalue weighted by Gasteiger charge is -2.15. The van der Waals surface area contributed by atoms with Gasteiger partial charge in [-0.3, -0.25) is 14.4 Å². The number of hydrogen-bond donors (Lipinski definition) is 5. The first-order valence-corrected chi connectivity index (χ1v) is 9.97. The largest absolute Gasteiger partial charge is 0.506 e. The molecule has 9 nitrogen and oxygen atoms in total. The molecule has 9 heteroatoms. The molecular weight excluding hydrogens is 426 g/mol. The Morgan fingerprint density at radius 3 is 2.48 bits per heavy atom. The number of phenolic OH excluding ortho intramolecular Hbond substituents is 1. The van der Waals surface area contributed by atoms with Gasteiger partial charge in [0.1, 0.15) is 17.4 Å². The molecule has 0 fully saturated rings. The summed E-state index contributed by atoms with van der Waals surface area (Å²) in [7, 11) is 0. The van der Waals surface area contributed by atoms with Gasteiger partial charge in [0.25, 0.3) is 5.91 Å². The van der Waals surface area contributed by atoms with E-state index in [-0.39, 0.29) is 22.4 Å². The predicted molar refractivity (Wildman–Crippen MR) is 123 cm³/mol. The van der Waals surface area contributed by atoms with Crippen molar-refractivity contribution in [3.05, 3.63) is 82.1 Å². The van der Waals surface area contributed by atoms with Gasteiger partial charge in [-0.15, -0.1) is 0 Å². The number of aromatic hydroxyl groups is 1. The molecule has 0 saturated carbocycles. The predicted octanol–water partition coefficient (Wildman–Crippen LogP) is 2.84. The van der Waals surface area contributed by atoms with E-state index in [9.17, 15) is 24.3 Å². The van der Waals surface area contributed by atoms with Crippen LogP contribution in [0.1, 0.15) is 27.6 Å². The summed E-state index contributed by atoms with van der Waals surface area (Å²) < 4.78 is 0. The molecule has 166 valence electrons. The van der Waals surface area contributed by atoms with Crippen LogP contribution in [0, 0.1) is 0 Å². The van der Waals surface area contributed by atoms with Crippen molar-refractivity contribution in [1.82, 2.24) is 10.3 Å². The SMILES string of the molecule is C[C@H](NC(=O)c1ccc2ccccc2c1O)C(=O)Nc1ccc2[nH]cc(C(=O)O)c(=O)c2c1. The zero-order chi connectivity index (χ0) is 23.7. The van der Waals surface area contributed by atoms with Crippen LogP contribution < -0.4 is 16.1 Å². The van der Waals surface area contributed by atoms with Crippen LogP contribution in [0.25, 0.3) is 21.7 Å². The van der Waals surface area contributed by atoms with Gasteiger partial charge in [0, 0.05) is 28.2 Å². The summed E-state index contributed by atoms with van der Waals surface area (Å²) in [4.78, 5) is 51.5. The normalized spacial score (nSPS) is 11.8. The maximum atomic E-state index is 12.6. The lowest BCUT2D eigenvalue weighted by molar-refractivity contribution is -0.117. The maximum Gasteiger partial charge on any atom is 0.341 e. The molecule has 0 radical (unpaired) electrons. The molecule has 0 aliphatic carbocycles. The highest BCUT2D eigenvalue weighted by molar-refractivity contribution is 6.06. The van der Waals surface area contributed by atoms with E-state index in [1.807, 2.05) is 6.07 Å². The molecule has 0 unspecified atom stereocenters. The summed E-state index contributed by atoms with van der Waals surface area (Å²) in [5.41, 5.74) is -0.389. The van der Waals surface area contributed by atoms with E-state index >= 15 is 0 Å². The maximum absolute atomic E-state index is 12.6. The summed E-state index contributed by atoms with van der Waals surface area (Å²) in [6, 6.07) is 13.7. The van der Waals surface area contributed by atoms with E-state index in [0.717, 1.165) is 11.6 Å². The van der Waals surface area contributed by atoms with Crippen molar-refractivity contribution in [3.63, 3.8) is 0 Å². The van der Waals surface area contributed by atoms with Gasteiger partial charge in [0.2, 0.25) is 11.3 Å². The number of carboxylic acid groups (broad SMARTS) is 1. The van der Waals surface area contributed by atoms with E-state index < -0.39 is 34.8 Å². The summed E-state index contributed by atoms with van der Waals surface area (Å²) in [6.45, 7) is 1.47. The number of pyridine rings is 1. The number of carboxylic acids is 1. The van der Waals surface area contributed by atoms with Crippen LogP contribution in [-0.4, -0.2) is 39.0 Å². The number of aromatic carboxylic acids is 1. The fourth-order valence-electron chi connectivity index (χ4n) is 3.48. The van der Waals surface area contributed by atoms with Gasteiger partial charge in [-0.2, -0.15) is 0 Å². The van der Waals surface area contributed by atoms with Crippen molar-refractivity contribution in [3.8, 4) is 5.75 Å². The first kappa shape index (κ1) is 21.6. The number of hydrogen-bond acceptors (Lipinski definition) is 5. The molecule has 2 amide bonds. The highest BCUT2D eigenvalue weighted by Gasteiger charge is 2.20. The second kappa shape index (κ2) is 8.46. The third-order valence-corrected chi connectivity index (χ3v) is 5.26. The van der Waals surface area contributed by atoms with Crippen LogP contribution in [0.2, 0.25) is 0 Å². The van der Waals surface area contributed by atoms with Crippen LogP contribution in [0.4, 0.5) is 5.69 Å². The van der Waals surface area contributed by atoms with Crippen LogP contribution in [-0.2, 0) is 4.79 Å². The highest BCUT2D eigenvalue weighted by Crippen LogP contribution is 2.28. The first-order valence-electron chi connectivity index (χ1n) is 9.97. The van der Waals surface area contributed by atoms with Crippen molar-refractivity contribution in [2.24, 2.45) is 0 Å². The molecule has 4 rings (SSSR count). The van der Waals surface area contributed by atoms with Crippen LogP contribution in [0.3, 0.4) is 0 Å². The van der Waals surface area contributed by atoms with Crippen LogP contribution >= 0.6 is 0 Å². The van der Waals surface area contributed by atoms with Gasteiger partial charge in [-0.05, 0) is 36.6 Å². The molecule has 0 spiro atoms. The van der Waals surface area contributed by atoms with Crippen LogP contribution in [0.15, 0.2) is 65.6 Å². The second-order valence-electron chi connectivity index (χ2n) is 7.46. The van der Waals surface area contributed by atoms with Crippen molar-refractivity contribution in [2.75, 3.05) is 5.32 Å². The third kappa shape index (κ3) is 4.11. The Morgan fingerprint density at radius 1 is 0.970 bits per heavy atom. The summed E-state index contributed by atoms with van der Waals surface area (Å²) >= 11 is 0. The number of phenols is 1. The van der Waals surface area contributed by atoms with Gasteiger partial charge in [0.05, 0.1) is 5.56 Å². The molecule has 33 heavy (non-hydrogen) atoms. The zero-order valence-electron chi connectivity index (χ0n) is 17.4. The summed E-state index contributed by atoms with van der Waals surface area (Å²) in [5, 5.41) is 26.1. The Morgan fingerprint density at radius 2 is 1.73 bits per heavy atom. The molecule has 0 saturated heterocycles.